The Morgan fingerprint density at radius 2 is 1.08 bits per heavy atom. The van der Waals surface area contributed by atoms with Gasteiger partial charge in [-0.3, -0.25) is 0 Å². The van der Waals surface area contributed by atoms with Gasteiger partial charge in [0.15, 0.2) is 0 Å². The maximum absolute atomic E-state index is 2.37. The van der Waals surface area contributed by atoms with E-state index in [0.29, 0.717) is 0 Å². The maximum atomic E-state index is 2.37. The number of nitrogens with zero attached hydrogens (tertiary/aromatic N) is 1. The fourth-order valence-corrected chi connectivity index (χ4v) is 2.57. The van der Waals surface area contributed by atoms with Crippen LogP contribution in [0.4, 0.5) is 0 Å². The van der Waals surface area contributed by atoms with Crippen molar-refractivity contribution in [2.45, 2.75) is 66.5 Å². The van der Waals surface area contributed by atoms with Gasteiger partial charge in [-0.1, -0.05) is 13.8 Å². The molecule has 0 saturated heterocycles. The first-order valence-electron chi connectivity index (χ1n) is 5.87. The fourth-order valence-electron chi connectivity index (χ4n) is 2.57. The highest BCUT2D eigenvalue weighted by atomic mass is 15.4. The third-order valence-corrected chi connectivity index (χ3v) is 3.34. The van der Waals surface area contributed by atoms with Crippen molar-refractivity contribution in [3.05, 3.63) is 0 Å². The molecule has 1 nitrogen and oxygen atoms in total. The van der Waals surface area contributed by atoms with Crippen molar-refractivity contribution < 1.29 is 4.48 Å². The zero-order valence-electron chi connectivity index (χ0n) is 10.4. The first-order valence-corrected chi connectivity index (χ1v) is 5.87. The average Bonchev–Trinajstić information content (AvgIpc) is 2.03. The molecule has 0 unspecified atom stereocenters. The zero-order valence-corrected chi connectivity index (χ0v) is 10.4. The third kappa shape index (κ3) is 2.98. The summed E-state index contributed by atoms with van der Waals surface area (Å²) in [6.45, 7) is 16.7. The molecule has 0 aliphatic carbocycles. The summed E-state index contributed by atoms with van der Waals surface area (Å²) in [7, 11) is 0. The Bertz CT molecular complexity index is 111. The van der Waals surface area contributed by atoms with Crippen LogP contribution in [0, 0.1) is 0 Å². The molecule has 0 fully saturated rings. The summed E-state index contributed by atoms with van der Waals surface area (Å²) >= 11 is 0. The van der Waals surface area contributed by atoms with Gasteiger partial charge in [0.1, 0.15) is 0 Å². The molecule has 0 aromatic rings. The molecule has 0 saturated carbocycles. The Hall–Kier alpha value is -0.0400. The van der Waals surface area contributed by atoms with Crippen LogP contribution in [-0.4, -0.2) is 29.7 Å². The average molecular weight is 186 g/mol. The van der Waals surface area contributed by atoms with Crippen molar-refractivity contribution in [3.63, 3.8) is 0 Å². The molecule has 0 bridgehead atoms. The van der Waals surface area contributed by atoms with Crippen LogP contribution in [0.25, 0.3) is 0 Å². The minimum Gasteiger partial charge on any atom is -0.320 e. The lowest BCUT2D eigenvalue weighted by molar-refractivity contribution is -0.966. The van der Waals surface area contributed by atoms with Gasteiger partial charge in [-0.25, -0.2) is 0 Å². The molecular weight excluding hydrogens is 158 g/mol. The molecule has 0 aromatic heterocycles. The summed E-state index contributed by atoms with van der Waals surface area (Å²) in [4.78, 5) is 0. The molecule has 0 amide bonds. The van der Waals surface area contributed by atoms with E-state index in [1.165, 1.54) is 30.4 Å². The molecule has 0 radical (unpaired) electrons. The lowest BCUT2D eigenvalue weighted by Gasteiger charge is -2.46. The molecular formula is C12H28N+. The normalized spacial score (nSPS) is 12.9. The Kier molecular flexibility index (Phi) is 5.62. The van der Waals surface area contributed by atoms with Crippen molar-refractivity contribution in [2.75, 3.05) is 13.1 Å². The van der Waals surface area contributed by atoms with Crippen LogP contribution < -0.4 is 0 Å². The molecule has 80 valence electrons. The van der Waals surface area contributed by atoms with Crippen LogP contribution in [0.2, 0.25) is 0 Å². The van der Waals surface area contributed by atoms with Gasteiger partial charge in [0, 0.05) is 0 Å². The first-order chi connectivity index (χ1) is 6.01. The minimum atomic E-state index is 0.764. The predicted octanol–water partition coefficient (Wildman–Crippen LogP) is 3.44. The second-order valence-electron chi connectivity index (χ2n) is 4.74. The van der Waals surface area contributed by atoms with Gasteiger partial charge in [0.25, 0.3) is 0 Å². The van der Waals surface area contributed by atoms with Crippen LogP contribution in [0.1, 0.15) is 54.4 Å². The van der Waals surface area contributed by atoms with E-state index < -0.39 is 0 Å². The lowest BCUT2D eigenvalue weighted by Crippen LogP contribution is -2.58. The molecule has 0 rings (SSSR count). The van der Waals surface area contributed by atoms with E-state index in [1.54, 1.807) is 0 Å². The van der Waals surface area contributed by atoms with Gasteiger partial charge in [-0.05, 0) is 40.5 Å². The second-order valence-corrected chi connectivity index (χ2v) is 4.74. The van der Waals surface area contributed by atoms with E-state index in [-0.39, 0.29) is 0 Å². The largest absolute Gasteiger partial charge is 0.320 e. The van der Waals surface area contributed by atoms with E-state index in [9.17, 15) is 0 Å². The van der Waals surface area contributed by atoms with Crippen molar-refractivity contribution in [3.8, 4) is 0 Å². The smallest absolute Gasteiger partial charge is 0.0835 e. The van der Waals surface area contributed by atoms with Crippen molar-refractivity contribution in [2.24, 2.45) is 0 Å². The van der Waals surface area contributed by atoms with Crippen LogP contribution in [-0.2, 0) is 0 Å². The summed E-state index contributed by atoms with van der Waals surface area (Å²) in [5, 5.41) is 0. The monoisotopic (exact) mass is 186 g/mol. The maximum Gasteiger partial charge on any atom is 0.0835 e. The Balaban J connectivity index is 4.59. The molecule has 0 aliphatic rings. The topological polar surface area (TPSA) is 0 Å². The summed E-state index contributed by atoms with van der Waals surface area (Å²) in [6, 6.07) is 1.53. The number of hydrogen-bond donors (Lipinski definition) is 0. The molecule has 13 heavy (non-hydrogen) atoms. The molecule has 0 heterocycles. The van der Waals surface area contributed by atoms with Crippen molar-refractivity contribution in [1.82, 2.24) is 0 Å². The summed E-state index contributed by atoms with van der Waals surface area (Å²) in [5.74, 6) is 0. The fraction of sp³-hybridized carbons (Fsp3) is 1.00. The zero-order chi connectivity index (χ0) is 10.5. The first kappa shape index (κ1) is 13.0. The summed E-state index contributed by atoms with van der Waals surface area (Å²) < 4.78 is 1.30. The highest BCUT2D eigenvalue weighted by Gasteiger charge is 2.32. The van der Waals surface area contributed by atoms with E-state index >= 15 is 0 Å². The van der Waals surface area contributed by atoms with Gasteiger partial charge < -0.3 is 4.48 Å². The molecule has 0 atom stereocenters. The molecule has 1 heteroatoms. The standard InChI is InChI=1S/C12H28N/c1-7-9-13(10-8-2,11(3)4)12(5)6/h11-12H,7-10H2,1-6H3/q+1. The molecule has 0 aromatic carbocycles. The van der Waals surface area contributed by atoms with Crippen LogP contribution in [0.15, 0.2) is 0 Å². The Morgan fingerprint density at radius 3 is 1.23 bits per heavy atom. The summed E-state index contributed by atoms with van der Waals surface area (Å²) in [5.41, 5.74) is 0. The van der Waals surface area contributed by atoms with Gasteiger partial charge in [0.05, 0.1) is 25.2 Å². The van der Waals surface area contributed by atoms with Crippen molar-refractivity contribution in [1.29, 1.82) is 0 Å². The molecule has 0 aliphatic heterocycles. The van der Waals surface area contributed by atoms with E-state index in [0.717, 1.165) is 12.1 Å². The Labute approximate surface area is 84.7 Å². The molecule has 0 N–H and O–H groups in total. The number of quaternary nitrogens is 1. The van der Waals surface area contributed by atoms with E-state index in [2.05, 4.69) is 41.5 Å². The van der Waals surface area contributed by atoms with E-state index in [1.807, 2.05) is 0 Å². The predicted molar refractivity (Wildman–Crippen MR) is 60.8 cm³/mol. The van der Waals surface area contributed by atoms with Gasteiger partial charge >= 0.3 is 0 Å². The number of hydrogen-bond acceptors (Lipinski definition) is 0. The highest BCUT2D eigenvalue weighted by molar-refractivity contribution is 4.53. The lowest BCUT2D eigenvalue weighted by atomic mass is 10.1. The van der Waals surface area contributed by atoms with Crippen LogP contribution >= 0.6 is 0 Å². The third-order valence-electron chi connectivity index (χ3n) is 3.34. The number of rotatable bonds is 6. The Morgan fingerprint density at radius 1 is 0.769 bits per heavy atom. The van der Waals surface area contributed by atoms with E-state index in [4.69, 9.17) is 0 Å². The van der Waals surface area contributed by atoms with Gasteiger partial charge in [-0.2, -0.15) is 0 Å². The SMILES string of the molecule is CCC[N+](CCC)(C(C)C)C(C)C. The molecule has 0 spiro atoms. The minimum absolute atomic E-state index is 0.764. The van der Waals surface area contributed by atoms with Gasteiger partial charge in [0.2, 0.25) is 0 Å². The second kappa shape index (κ2) is 5.64. The quantitative estimate of drug-likeness (QED) is 0.557. The van der Waals surface area contributed by atoms with Crippen molar-refractivity contribution >= 4 is 0 Å². The van der Waals surface area contributed by atoms with Crippen LogP contribution in [0.3, 0.4) is 0 Å². The van der Waals surface area contributed by atoms with Crippen LogP contribution in [0.5, 0.6) is 0 Å². The summed E-state index contributed by atoms with van der Waals surface area (Å²) in [6.07, 6.45) is 2.60. The highest BCUT2D eigenvalue weighted by Crippen LogP contribution is 2.20. The van der Waals surface area contributed by atoms with Gasteiger partial charge in [-0.15, -0.1) is 0 Å².